The fourth-order valence-corrected chi connectivity index (χ4v) is 3.00. The first-order chi connectivity index (χ1) is 14.5. The van der Waals surface area contributed by atoms with Gasteiger partial charge in [-0.05, 0) is 35.7 Å². The highest BCUT2D eigenvalue weighted by Crippen LogP contribution is 2.24. The van der Waals surface area contributed by atoms with Crippen LogP contribution < -0.4 is 10.7 Å². The molecule has 152 valence electrons. The molecule has 6 heteroatoms. The minimum absolute atomic E-state index is 0.213. The Morgan fingerprint density at radius 1 is 0.867 bits per heavy atom. The van der Waals surface area contributed by atoms with Crippen LogP contribution in [0.1, 0.15) is 29.5 Å². The second-order valence-electron chi connectivity index (χ2n) is 6.71. The number of hydrazone groups is 1. The molecule has 0 atom stereocenters. The van der Waals surface area contributed by atoms with Gasteiger partial charge in [-0.3, -0.25) is 9.59 Å². The quantitative estimate of drug-likeness (QED) is 0.467. The van der Waals surface area contributed by atoms with Gasteiger partial charge in [0.15, 0.2) is 0 Å². The lowest BCUT2D eigenvalue weighted by Gasteiger charge is -2.17. The Hall–Kier alpha value is -3.80. The molecule has 0 aromatic heterocycles. The number of hydrogen-bond acceptors (Lipinski definition) is 3. The lowest BCUT2D eigenvalue weighted by atomic mass is 9.90. The first-order valence-electron chi connectivity index (χ1n) is 9.51. The lowest BCUT2D eigenvalue weighted by Crippen LogP contribution is -2.38. The van der Waals surface area contributed by atoms with Gasteiger partial charge in [-0.15, -0.1) is 0 Å². The van der Waals surface area contributed by atoms with E-state index in [4.69, 9.17) is 0 Å². The van der Waals surface area contributed by atoms with E-state index in [0.717, 1.165) is 11.1 Å². The number of benzene rings is 3. The Kier molecular flexibility index (Phi) is 7.05. The summed E-state index contributed by atoms with van der Waals surface area (Å²) in [4.78, 5) is 25.0. The van der Waals surface area contributed by atoms with E-state index in [1.54, 1.807) is 19.1 Å². The topological polar surface area (TPSA) is 70.6 Å². The molecule has 0 unspecified atom stereocenters. The van der Waals surface area contributed by atoms with E-state index in [1.165, 1.54) is 12.1 Å². The molecule has 3 aromatic rings. The molecule has 0 bridgehead atoms. The largest absolute Gasteiger partial charge is 0.346 e. The first kappa shape index (κ1) is 20.9. The Morgan fingerprint density at radius 3 is 1.93 bits per heavy atom. The van der Waals surface area contributed by atoms with Crippen LogP contribution in [-0.2, 0) is 9.59 Å². The van der Waals surface area contributed by atoms with Gasteiger partial charge >= 0.3 is 0 Å². The van der Waals surface area contributed by atoms with Crippen molar-refractivity contribution in [1.29, 1.82) is 0 Å². The number of nitrogens with one attached hydrogen (secondary N) is 2. The van der Waals surface area contributed by atoms with Gasteiger partial charge in [0, 0.05) is 0 Å². The smallest absolute Gasteiger partial charge is 0.259 e. The number of carbonyl (C=O) groups excluding carboxylic acids is 2. The number of halogens is 1. The highest BCUT2D eigenvalue weighted by Gasteiger charge is 2.22. The second-order valence-corrected chi connectivity index (χ2v) is 6.71. The summed E-state index contributed by atoms with van der Waals surface area (Å²) in [6.07, 6.45) is 0. The van der Waals surface area contributed by atoms with Crippen LogP contribution in [0.3, 0.4) is 0 Å². The van der Waals surface area contributed by atoms with Crippen molar-refractivity contribution in [3.05, 3.63) is 107 Å². The maximum absolute atomic E-state index is 13.0. The average molecular weight is 403 g/mol. The van der Waals surface area contributed by atoms with Crippen LogP contribution in [0, 0.1) is 5.82 Å². The first-order valence-corrected chi connectivity index (χ1v) is 9.51. The molecule has 0 saturated heterocycles. The molecule has 3 rings (SSSR count). The molecule has 0 aliphatic rings. The van der Waals surface area contributed by atoms with Gasteiger partial charge < -0.3 is 5.32 Å². The highest BCUT2D eigenvalue weighted by molar-refractivity contribution is 5.99. The third kappa shape index (κ3) is 5.61. The normalized spacial score (nSPS) is 11.2. The van der Waals surface area contributed by atoms with Gasteiger partial charge in [0.1, 0.15) is 5.82 Å². The van der Waals surface area contributed by atoms with Crippen molar-refractivity contribution in [3.8, 4) is 0 Å². The summed E-state index contributed by atoms with van der Waals surface area (Å²) in [6.45, 7) is 1.49. The van der Waals surface area contributed by atoms with E-state index >= 15 is 0 Å². The van der Waals surface area contributed by atoms with Gasteiger partial charge in [0.25, 0.3) is 5.91 Å². The van der Waals surface area contributed by atoms with Crippen LogP contribution in [-0.4, -0.2) is 24.1 Å². The number of nitrogens with zero attached hydrogens (tertiary/aromatic N) is 1. The molecule has 30 heavy (non-hydrogen) atoms. The molecule has 0 aliphatic carbocycles. The van der Waals surface area contributed by atoms with E-state index in [1.807, 2.05) is 60.7 Å². The number of hydrogen-bond donors (Lipinski definition) is 2. The van der Waals surface area contributed by atoms with Crippen LogP contribution in [0.15, 0.2) is 90.0 Å². The minimum Gasteiger partial charge on any atom is -0.346 e. The zero-order valence-electron chi connectivity index (χ0n) is 16.5. The molecule has 0 heterocycles. The maximum atomic E-state index is 13.0. The van der Waals surface area contributed by atoms with Gasteiger partial charge in [0.2, 0.25) is 5.91 Å². The van der Waals surface area contributed by atoms with E-state index in [0.29, 0.717) is 11.3 Å². The van der Waals surface area contributed by atoms with Gasteiger partial charge in [-0.25, -0.2) is 9.82 Å². The summed E-state index contributed by atoms with van der Waals surface area (Å²) < 4.78 is 13.0. The summed E-state index contributed by atoms with van der Waals surface area (Å²) in [5, 5.41) is 6.69. The molecular weight excluding hydrogens is 381 g/mol. The van der Waals surface area contributed by atoms with Crippen molar-refractivity contribution in [3.63, 3.8) is 0 Å². The van der Waals surface area contributed by atoms with Gasteiger partial charge in [-0.1, -0.05) is 72.8 Å². The van der Waals surface area contributed by atoms with Crippen LogP contribution in [0.5, 0.6) is 0 Å². The van der Waals surface area contributed by atoms with E-state index in [2.05, 4.69) is 15.8 Å². The van der Waals surface area contributed by atoms with Crippen molar-refractivity contribution < 1.29 is 14.0 Å². The summed E-state index contributed by atoms with van der Waals surface area (Å²) in [7, 11) is 0. The summed E-state index contributed by atoms with van der Waals surface area (Å²) in [5.74, 6) is -1.60. The zero-order chi connectivity index (χ0) is 21.3. The molecule has 0 aliphatic heterocycles. The summed E-state index contributed by atoms with van der Waals surface area (Å²) in [5.41, 5.74) is 5.31. The summed E-state index contributed by atoms with van der Waals surface area (Å²) in [6, 6.07) is 24.6. The monoisotopic (exact) mass is 403 g/mol. The Labute approximate surface area is 174 Å². The standard InChI is InChI=1S/C24H22FN3O2/c1-17(18-12-14-21(25)15-13-18)27-28-22(29)16-26-24(30)23(19-8-4-2-5-9-19)20-10-6-3-7-11-20/h2-15,23H,16H2,1H3,(H,26,30)(H,28,29)/b27-17+. The number of amides is 2. The molecule has 5 nitrogen and oxygen atoms in total. The van der Waals surface area contributed by atoms with Crippen LogP contribution in [0.25, 0.3) is 0 Å². The van der Waals surface area contributed by atoms with Gasteiger partial charge in [0.05, 0.1) is 18.2 Å². The molecule has 0 saturated carbocycles. The molecule has 0 spiro atoms. The Bertz CT molecular complexity index is 980. The fraction of sp³-hybridized carbons (Fsp3) is 0.125. The van der Waals surface area contributed by atoms with E-state index in [9.17, 15) is 14.0 Å². The Morgan fingerprint density at radius 2 is 1.40 bits per heavy atom. The van der Waals surface area contributed by atoms with Gasteiger partial charge in [-0.2, -0.15) is 5.10 Å². The zero-order valence-corrected chi connectivity index (χ0v) is 16.5. The van der Waals surface area contributed by atoms with Crippen LogP contribution >= 0.6 is 0 Å². The molecule has 2 amide bonds. The van der Waals surface area contributed by atoms with Crippen molar-refractivity contribution in [2.24, 2.45) is 5.10 Å². The number of carbonyl (C=O) groups is 2. The van der Waals surface area contributed by atoms with Crippen LogP contribution in [0.4, 0.5) is 4.39 Å². The van der Waals surface area contributed by atoms with Crippen molar-refractivity contribution in [2.75, 3.05) is 6.54 Å². The third-order valence-electron chi connectivity index (χ3n) is 4.56. The predicted molar refractivity (Wildman–Crippen MR) is 114 cm³/mol. The lowest BCUT2D eigenvalue weighted by molar-refractivity contribution is -0.126. The molecule has 0 fully saturated rings. The SMILES string of the molecule is C/C(=N\NC(=O)CNC(=O)C(c1ccccc1)c1ccccc1)c1ccc(F)cc1. The molecular formula is C24H22FN3O2. The summed E-state index contributed by atoms with van der Waals surface area (Å²) >= 11 is 0. The average Bonchev–Trinajstić information content (AvgIpc) is 2.78. The molecule has 0 radical (unpaired) electrons. The van der Waals surface area contributed by atoms with Crippen molar-refractivity contribution >= 4 is 17.5 Å². The highest BCUT2D eigenvalue weighted by atomic mass is 19.1. The van der Waals surface area contributed by atoms with Crippen LogP contribution in [0.2, 0.25) is 0 Å². The Balaban J connectivity index is 1.63. The molecule has 3 aromatic carbocycles. The predicted octanol–water partition coefficient (Wildman–Crippen LogP) is 3.61. The van der Waals surface area contributed by atoms with E-state index < -0.39 is 11.8 Å². The van der Waals surface area contributed by atoms with Crippen molar-refractivity contribution in [1.82, 2.24) is 10.7 Å². The van der Waals surface area contributed by atoms with E-state index in [-0.39, 0.29) is 18.3 Å². The minimum atomic E-state index is -0.523. The fourth-order valence-electron chi connectivity index (χ4n) is 3.00. The maximum Gasteiger partial charge on any atom is 0.259 e. The van der Waals surface area contributed by atoms with Crippen molar-refractivity contribution in [2.45, 2.75) is 12.8 Å². The molecule has 2 N–H and O–H groups in total. The second kappa shape index (κ2) is 10.1. The third-order valence-corrected chi connectivity index (χ3v) is 4.56. The number of rotatable bonds is 7.